The monoisotopic (exact) mass is 419 g/mol. The molecule has 1 rings (SSSR count). The van der Waals surface area contributed by atoms with Crippen LogP contribution >= 0.6 is 0 Å². The van der Waals surface area contributed by atoms with E-state index in [1.807, 2.05) is 25.1 Å². The third kappa shape index (κ3) is 22.9. The number of rotatable bonds is 18. The Morgan fingerprint density at radius 2 is 1.17 bits per heavy atom. The van der Waals surface area contributed by atoms with Crippen LogP contribution in [0.3, 0.4) is 0 Å². The van der Waals surface area contributed by atoms with Gasteiger partial charge in [0.15, 0.2) is 0 Å². The van der Waals surface area contributed by atoms with Gasteiger partial charge in [0, 0.05) is 12.5 Å². The third-order valence-corrected chi connectivity index (χ3v) is 5.39. The first-order valence-electron chi connectivity index (χ1n) is 12.6. The van der Waals surface area contributed by atoms with Gasteiger partial charge in [0.05, 0.1) is 0 Å². The molecule has 0 aliphatic rings. The first kappa shape index (κ1) is 28.6. The van der Waals surface area contributed by atoms with Gasteiger partial charge in [0.2, 0.25) is 0 Å². The van der Waals surface area contributed by atoms with E-state index in [4.69, 9.17) is 10.8 Å². The zero-order valence-corrected chi connectivity index (χ0v) is 19.9. The quantitative estimate of drug-likeness (QED) is 0.238. The Morgan fingerprint density at radius 3 is 1.53 bits per heavy atom. The van der Waals surface area contributed by atoms with Gasteiger partial charge in [-0.05, 0) is 25.3 Å². The third-order valence-electron chi connectivity index (χ3n) is 5.39. The summed E-state index contributed by atoms with van der Waals surface area (Å²) in [6.45, 7) is 4.29. The van der Waals surface area contributed by atoms with E-state index in [9.17, 15) is 4.79 Å². The van der Waals surface area contributed by atoms with Crippen LogP contribution in [0.5, 0.6) is 0 Å². The molecule has 0 saturated carbocycles. The van der Waals surface area contributed by atoms with Crippen LogP contribution in [0.4, 0.5) is 0 Å². The Bertz CT molecular complexity index is 473. The van der Waals surface area contributed by atoms with Crippen LogP contribution in [-0.4, -0.2) is 17.1 Å². The first-order valence-corrected chi connectivity index (χ1v) is 12.6. The van der Waals surface area contributed by atoms with Crippen molar-refractivity contribution < 1.29 is 9.90 Å². The predicted octanol–water partition coefficient (Wildman–Crippen LogP) is 7.91. The van der Waals surface area contributed by atoms with E-state index in [2.05, 4.69) is 19.1 Å². The van der Waals surface area contributed by atoms with Gasteiger partial charge in [-0.25, -0.2) is 0 Å². The minimum Gasteiger partial charge on any atom is -0.481 e. The maximum atomic E-state index is 10.3. The van der Waals surface area contributed by atoms with E-state index < -0.39 is 5.97 Å². The largest absolute Gasteiger partial charge is 0.481 e. The molecule has 0 fully saturated rings. The molecule has 0 amide bonds. The predicted molar refractivity (Wildman–Crippen MR) is 131 cm³/mol. The number of aliphatic carboxylic acids is 1. The molecule has 3 nitrogen and oxygen atoms in total. The zero-order valence-electron chi connectivity index (χ0n) is 19.9. The molecule has 0 radical (unpaired) electrons. The summed E-state index contributed by atoms with van der Waals surface area (Å²) in [5.41, 5.74) is 6.94. The SMILES string of the molecule is CC(N)Cc1ccccc1.CCCCCCCCCCCCCCCCCC(=O)O. The molecule has 0 saturated heterocycles. The molecule has 1 atom stereocenters. The zero-order chi connectivity index (χ0) is 22.3. The Kier molecular flexibility index (Phi) is 21.3. The second kappa shape index (κ2) is 22.3. The Labute approximate surface area is 186 Å². The van der Waals surface area contributed by atoms with Gasteiger partial charge in [-0.1, -0.05) is 127 Å². The van der Waals surface area contributed by atoms with Crippen LogP contribution < -0.4 is 5.73 Å². The molecular formula is C27H49NO2. The molecule has 0 bridgehead atoms. The van der Waals surface area contributed by atoms with Gasteiger partial charge >= 0.3 is 5.97 Å². The van der Waals surface area contributed by atoms with Crippen LogP contribution in [0.25, 0.3) is 0 Å². The van der Waals surface area contributed by atoms with Gasteiger partial charge in [0.25, 0.3) is 0 Å². The lowest BCUT2D eigenvalue weighted by molar-refractivity contribution is -0.137. The van der Waals surface area contributed by atoms with Crippen molar-refractivity contribution in [1.29, 1.82) is 0 Å². The van der Waals surface area contributed by atoms with E-state index in [0.29, 0.717) is 6.42 Å². The number of carboxylic acid groups (broad SMARTS) is 1. The summed E-state index contributed by atoms with van der Waals surface area (Å²) in [5, 5.41) is 8.52. The molecule has 1 aromatic rings. The van der Waals surface area contributed by atoms with Crippen molar-refractivity contribution in [2.75, 3.05) is 0 Å². The summed E-state index contributed by atoms with van der Waals surface area (Å²) < 4.78 is 0. The molecule has 0 aromatic heterocycles. The number of carboxylic acids is 1. The van der Waals surface area contributed by atoms with Crippen LogP contribution in [0.15, 0.2) is 30.3 Å². The van der Waals surface area contributed by atoms with Crippen LogP contribution in [0.2, 0.25) is 0 Å². The van der Waals surface area contributed by atoms with E-state index in [1.54, 1.807) is 0 Å². The van der Waals surface area contributed by atoms with Gasteiger partial charge < -0.3 is 10.8 Å². The maximum Gasteiger partial charge on any atom is 0.303 e. The summed E-state index contributed by atoms with van der Waals surface area (Å²) in [7, 11) is 0. The average Bonchev–Trinajstić information content (AvgIpc) is 2.71. The maximum absolute atomic E-state index is 10.3. The number of carbonyl (C=O) groups is 1. The highest BCUT2D eigenvalue weighted by Crippen LogP contribution is 2.13. The van der Waals surface area contributed by atoms with Crippen molar-refractivity contribution in [3.63, 3.8) is 0 Å². The van der Waals surface area contributed by atoms with Crippen molar-refractivity contribution in [1.82, 2.24) is 0 Å². The second-order valence-electron chi connectivity index (χ2n) is 8.76. The molecule has 3 N–H and O–H groups in total. The van der Waals surface area contributed by atoms with Crippen molar-refractivity contribution in [2.24, 2.45) is 5.73 Å². The Morgan fingerprint density at radius 1 is 0.767 bits per heavy atom. The number of benzene rings is 1. The van der Waals surface area contributed by atoms with Gasteiger partial charge in [-0.3, -0.25) is 4.79 Å². The second-order valence-corrected chi connectivity index (χ2v) is 8.76. The van der Waals surface area contributed by atoms with Crippen molar-refractivity contribution in [3.8, 4) is 0 Å². The number of nitrogens with two attached hydrogens (primary N) is 1. The highest BCUT2D eigenvalue weighted by Gasteiger charge is 1.97. The standard InChI is InChI=1S/C18H36O2.C9H13N/c1-2-3-4-5-6-7-8-9-10-11-12-13-14-15-16-17-18(19)20;1-8(10)7-9-5-3-2-4-6-9/h2-17H2,1H3,(H,19,20);2-6,8H,7,10H2,1H3. The van der Waals surface area contributed by atoms with Crippen molar-refractivity contribution in [3.05, 3.63) is 35.9 Å². The fourth-order valence-corrected chi connectivity index (χ4v) is 3.63. The summed E-state index contributed by atoms with van der Waals surface area (Å²) in [6, 6.07) is 10.6. The van der Waals surface area contributed by atoms with E-state index in [0.717, 1.165) is 19.3 Å². The number of unbranched alkanes of at least 4 members (excludes halogenated alkanes) is 14. The van der Waals surface area contributed by atoms with Crippen LogP contribution in [0.1, 0.15) is 122 Å². The summed E-state index contributed by atoms with van der Waals surface area (Å²) in [4.78, 5) is 10.3. The van der Waals surface area contributed by atoms with Gasteiger partial charge in [-0.15, -0.1) is 0 Å². The number of hydrogen-bond acceptors (Lipinski definition) is 2. The molecule has 174 valence electrons. The van der Waals surface area contributed by atoms with Crippen LogP contribution in [-0.2, 0) is 11.2 Å². The molecular weight excluding hydrogens is 370 g/mol. The fraction of sp³-hybridized carbons (Fsp3) is 0.741. The van der Waals surface area contributed by atoms with Crippen LogP contribution in [0, 0.1) is 0 Å². The Hall–Kier alpha value is -1.35. The summed E-state index contributed by atoms with van der Waals surface area (Å²) >= 11 is 0. The minimum atomic E-state index is -0.653. The van der Waals surface area contributed by atoms with Crippen molar-refractivity contribution in [2.45, 2.75) is 129 Å². The molecule has 1 unspecified atom stereocenters. The molecule has 0 spiro atoms. The summed E-state index contributed by atoms with van der Waals surface area (Å²) in [6.07, 6.45) is 21.2. The molecule has 1 aromatic carbocycles. The molecule has 30 heavy (non-hydrogen) atoms. The molecule has 0 aliphatic carbocycles. The molecule has 0 aliphatic heterocycles. The highest BCUT2D eigenvalue weighted by atomic mass is 16.4. The normalized spacial score (nSPS) is 11.6. The minimum absolute atomic E-state index is 0.266. The topological polar surface area (TPSA) is 63.3 Å². The Balaban J connectivity index is 0.000000696. The molecule has 0 heterocycles. The highest BCUT2D eigenvalue weighted by molar-refractivity contribution is 5.66. The van der Waals surface area contributed by atoms with Crippen molar-refractivity contribution >= 4 is 5.97 Å². The van der Waals surface area contributed by atoms with E-state index in [-0.39, 0.29) is 6.04 Å². The van der Waals surface area contributed by atoms with E-state index >= 15 is 0 Å². The number of hydrogen-bond donors (Lipinski definition) is 2. The lowest BCUT2D eigenvalue weighted by atomic mass is 10.0. The lowest BCUT2D eigenvalue weighted by Gasteiger charge is -2.03. The van der Waals surface area contributed by atoms with E-state index in [1.165, 1.54) is 89.0 Å². The lowest BCUT2D eigenvalue weighted by Crippen LogP contribution is -2.17. The smallest absolute Gasteiger partial charge is 0.303 e. The van der Waals surface area contributed by atoms with Gasteiger partial charge in [0.1, 0.15) is 0 Å². The van der Waals surface area contributed by atoms with Gasteiger partial charge in [-0.2, -0.15) is 0 Å². The molecule has 3 heteroatoms. The summed E-state index contributed by atoms with van der Waals surface area (Å²) in [5.74, 6) is -0.653. The average molecular weight is 420 g/mol. The fourth-order valence-electron chi connectivity index (χ4n) is 3.63. The first-order chi connectivity index (χ1) is 14.6.